The van der Waals surface area contributed by atoms with Gasteiger partial charge in [-0.2, -0.15) is 0 Å². The number of esters is 1. The third-order valence-corrected chi connectivity index (χ3v) is 2.50. The number of aromatic hydroxyl groups is 1. The summed E-state index contributed by atoms with van der Waals surface area (Å²) >= 11 is 0. The Morgan fingerprint density at radius 1 is 1.32 bits per heavy atom. The molecule has 0 aliphatic carbocycles. The zero-order valence-corrected chi connectivity index (χ0v) is 11.2. The van der Waals surface area contributed by atoms with E-state index in [1.54, 1.807) is 12.1 Å². The number of rotatable bonds is 6. The van der Waals surface area contributed by atoms with Crippen LogP contribution in [0.2, 0.25) is 0 Å². The molecule has 0 fully saturated rings. The Morgan fingerprint density at radius 3 is 2.63 bits per heavy atom. The van der Waals surface area contributed by atoms with E-state index in [1.165, 1.54) is 12.1 Å². The van der Waals surface area contributed by atoms with Crippen LogP contribution in [0.5, 0.6) is 5.75 Å². The maximum atomic E-state index is 11.6. The monoisotopic (exact) mass is 265 g/mol. The predicted molar refractivity (Wildman–Crippen MR) is 70.9 cm³/mol. The highest BCUT2D eigenvalue weighted by Gasteiger charge is 2.13. The van der Waals surface area contributed by atoms with Gasteiger partial charge in [0.05, 0.1) is 0 Å². The lowest BCUT2D eigenvalue weighted by Crippen LogP contribution is -2.30. The number of carbonyl (C=O) groups excluding carboxylic acids is 2. The number of carbonyl (C=O) groups is 2. The SMILES string of the molecule is CC(C)CCNC(=O)COC(=O)c1ccccc1O. The smallest absolute Gasteiger partial charge is 0.342 e. The highest BCUT2D eigenvalue weighted by molar-refractivity contribution is 5.93. The van der Waals surface area contributed by atoms with Gasteiger partial charge in [-0.3, -0.25) is 4.79 Å². The molecule has 0 aromatic heterocycles. The second-order valence-electron chi connectivity index (χ2n) is 4.63. The summed E-state index contributed by atoms with van der Waals surface area (Å²) in [5, 5.41) is 12.1. The summed E-state index contributed by atoms with van der Waals surface area (Å²) in [5.41, 5.74) is 0.0532. The fourth-order valence-corrected chi connectivity index (χ4v) is 1.41. The predicted octanol–water partition coefficient (Wildman–Crippen LogP) is 1.71. The van der Waals surface area contributed by atoms with Crippen molar-refractivity contribution in [3.63, 3.8) is 0 Å². The summed E-state index contributed by atoms with van der Waals surface area (Å²) in [6.45, 7) is 4.34. The van der Waals surface area contributed by atoms with E-state index in [1.807, 2.05) is 0 Å². The molecule has 19 heavy (non-hydrogen) atoms. The molecular formula is C14H19NO4. The molecule has 0 radical (unpaired) electrons. The minimum atomic E-state index is -0.711. The third-order valence-electron chi connectivity index (χ3n) is 2.50. The van der Waals surface area contributed by atoms with Crippen LogP contribution in [0.15, 0.2) is 24.3 Å². The van der Waals surface area contributed by atoms with E-state index in [9.17, 15) is 14.7 Å². The average molecular weight is 265 g/mol. The third kappa shape index (κ3) is 5.42. The van der Waals surface area contributed by atoms with Crippen LogP contribution >= 0.6 is 0 Å². The van der Waals surface area contributed by atoms with E-state index in [4.69, 9.17) is 4.74 Å². The maximum absolute atomic E-state index is 11.6. The Bertz CT molecular complexity index is 443. The second-order valence-corrected chi connectivity index (χ2v) is 4.63. The van der Waals surface area contributed by atoms with Gasteiger partial charge in [-0.1, -0.05) is 26.0 Å². The average Bonchev–Trinajstić information content (AvgIpc) is 2.36. The molecule has 0 spiro atoms. The summed E-state index contributed by atoms with van der Waals surface area (Å²) < 4.78 is 4.82. The summed E-state index contributed by atoms with van der Waals surface area (Å²) in [6.07, 6.45) is 0.874. The van der Waals surface area contributed by atoms with Gasteiger partial charge in [0, 0.05) is 6.54 Å². The molecule has 5 heteroatoms. The van der Waals surface area contributed by atoms with E-state index in [2.05, 4.69) is 19.2 Å². The number of phenolic OH excluding ortho intramolecular Hbond substituents is 1. The molecular weight excluding hydrogens is 246 g/mol. The molecule has 1 aromatic carbocycles. The highest BCUT2D eigenvalue weighted by Crippen LogP contribution is 2.16. The zero-order chi connectivity index (χ0) is 14.3. The summed E-state index contributed by atoms with van der Waals surface area (Å²) in [5.74, 6) is -0.710. The topological polar surface area (TPSA) is 75.6 Å². The number of ether oxygens (including phenoxy) is 1. The van der Waals surface area contributed by atoms with Crippen LogP contribution in [-0.2, 0) is 9.53 Å². The molecule has 0 saturated heterocycles. The van der Waals surface area contributed by atoms with Crippen molar-refractivity contribution in [2.45, 2.75) is 20.3 Å². The van der Waals surface area contributed by atoms with Crippen molar-refractivity contribution >= 4 is 11.9 Å². The lowest BCUT2D eigenvalue weighted by atomic mass is 10.1. The number of nitrogens with one attached hydrogen (secondary N) is 1. The summed E-state index contributed by atoms with van der Waals surface area (Å²) in [6, 6.07) is 6.04. The molecule has 0 unspecified atom stereocenters. The van der Waals surface area contributed by atoms with Crippen LogP contribution in [0.25, 0.3) is 0 Å². The molecule has 1 aromatic rings. The van der Waals surface area contributed by atoms with Gasteiger partial charge in [-0.05, 0) is 24.5 Å². The normalized spacial score (nSPS) is 10.3. The van der Waals surface area contributed by atoms with Crippen molar-refractivity contribution in [3.05, 3.63) is 29.8 Å². The molecule has 0 aliphatic rings. The van der Waals surface area contributed by atoms with E-state index in [-0.39, 0.29) is 23.8 Å². The Morgan fingerprint density at radius 2 is 2.00 bits per heavy atom. The van der Waals surface area contributed by atoms with Crippen LogP contribution in [-0.4, -0.2) is 30.1 Å². The fourth-order valence-electron chi connectivity index (χ4n) is 1.41. The summed E-state index contributed by atoms with van der Waals surface area (Å²) in [7, 11) is 0. The van der Waals surface area contributed by atoms with Gasteiger partial charge in [0.2, 0.25) is 0 Å². The van der Waals surface area contributed by atoms with Crippen LogP contribution in [0.4, 0.5) is 0 Å². The minimum Gasteiger partial charge on any atom is -0.507 e. The van der Waals surface area contributed by atoms with Crippen molar-refractivity contribution in [2.75, 3.05) is 13.2 Å². The Balaban J connectivity index is 2.34. The first-order chi connectivity index (χ1) is 9.00. The van der Waals surface area contributed by atoms with Gasteiger partial charge in [0.15, 0.2) is 6.61 Å². The number of para-hydroxylation sites is 1. The quantitative estimate of drug-likeness (QED) is 0.768. The molecule has 1 amide bonds. The van der Waals surface area contributed by atoms with Crippen molar-refractivity contribution in [2.24, 2.45) is 5.92 Å². The zero-order valence-electron chi connectivity index (χ0n) is 11.2. The van der Waals surface area contributed by atoms with Gasteiger partial charge < -0.3 is 15.2 Å². The van der Waals surface area contributed by atoms with Crippen molar-refractivity contribution in [3.8, 4) is 5.75 Å². The number of amides is 1. The second kappa shape index (κ2) is 7.41. The molecule has 5 nitrogen and oxygen atoms in total. The van der Waals surface area contributed by atoms with Gasteiger partial charge in [0.1, 0.15) is 11.3 Å². The van der Waals surface area contributed by atoms with Crippen LogP contribution in [0.1, 0.15) is 30.6 Å². The number of hydrogen-bond donors (Lipinski definition) is 2. The van der Waals surface area contributed by atoms with Gasteiger partial charge >= 0.3 is 5.97 Å². The molecule has 0 aliphatic heterocycles. The molecule has 0 saturated carbocycles. The van der Waals surface area contributed by atoms with E-state index >= 15 is 0 Å². The van der Waals surface area contributed by atoms with Gasteiger partial charge in [0.25, 0.3) is 5.91 Å². The van der Waals surface area contributed by atoms with E-state index < -0.39 is 5.97 Å². The van der Waals surface area contributed by atoms with Crippen molar-refractivity contribution < 1.29 is 19.4 Å². The lowest BCUT2D eigenvalue weighted by Gasteiger charge is -2.08. The van der Waals surface area contributed by atoms with Crippen LogP contribution in [0.3, 0.4) is 0 Å². The minimum absolute atomic E-state index is 0.0532. The highest BCUT2D eigenvalue weighted by atomic mass is 16.5. The largest absolute Gasteiger partial charge is 0.507 e. The van der Waals surface area contributed by atoms with Gasteiger partial charge in [-0.25, -0.2) is 4.79 Å². The molecule has 2 N–H and O–H groups in total. The first-order valence-corrected chi connectivity index (χ1v) is 6.22. The standard InChI is InChI=1S/C14H19NO4/c1-10(2)7-8-15-13(17)9-19-14(18)11-5-3-4-6-12(11)16/h3-6,10,16H,7-9H2,1-2H3,(H,15,17). The number of hydrogen-bond acceptors (Lipinski definition) is 4. The Hall–Kier alpha value is -2.04. The van der Waals surface area contributed by atoms with Crippen LogP contribution in [0, 0.1) is 5.92 Å². The lowest BCUT2D eigenvalue weighted by molar-refractivity contribution is -0.124. The molecule has 0 heterocycles. The fraction of sp³-hybridized carbons (Fsp3) is 0.429. The number of phenols is 1. The Labute approximate surface area is 112 Å². The molecule has 0 bridgehead atoms. The summed E-state index contributed by atoms with van der Waals surface area (Å²) in [4.78, 5) is 23.0. The van der Waals surface area contributed by atoms with Crippen molar-refractivity contribution in [1.29, 1.82) is 0 Å². The van der Waals surface area contributed by atoms with Gasteiger partial charge in [-0.15, -0.1) is 0 Å². The van der Waals surface area contributed by atoms with Crippen molar-refractivity contribution in [1.82, 2.24) is 5.32 Å². The maximum Gasteiger partial charge on any atom is 0.342 e. The number of benzene rings is 1. The van der Waals surface area contributed by atoms with E-state index in [0.717, 1.165) is 6.42 Å². The van der Waals surface area contributed by atoms with E-state index in [0.29, 0.717) is 12.5 Å². The molecule has 0 atom stereocenters. The molecule has 104 valence electrons. The first-order valence-electron chi connectivity index (χ1n) is 6.22. The first kappa shape index (κ1) is 15.0. The Kier molecular flexibility index (Phi) is 5.85. The van der Waals surface area contributed by atoms with Crippen LogP contribution < -0.4 is 5.32 Å². The molecule has 1 rings (SSSR count).